The maximum absolute atomic E-state index is 12.4. The molecule has 1 N–H and O–H groups in total. The Labute approximate surface area is 178 Å². The first-order valence-corrected chi connectivity index (χ1v) is 9.67. The van der Waals surface area contributed by atoms with Crippen LogP contribution in [-0.4, -0.2) is 5.91 Å². The zero-order chi connectivity index (χ0) is 20.5. The van der Waals surface area contributed by atoms with Crippen molar-refractivity contribution in [2.24, 2.45) is 0 Å². The Morgan fingerprint density at radius 2 is 1.93 bits per heavy atom. The lowest BCUT2D eigenvalue weighted by Gasteiger charge is -2.36. The molecule has 5 nitrogen and oxygen atoms in total. The zero-order valence-electron chi connectivity index (χ0n) is 15.4. The van der Waals surface area contributed by atoms with Gasteiger partial charge < -0.3 is 14.6 Å². The molecule has 1 aliphatic heterocycles. The first kappa shape index (κ1) is 19.2. The molecule has 144 valence electrons. The van der Waals surface area contributed by atoms with E-state index in [-0.39, 0.29) is 10.6 Å². The van der Waals surface area contributed by atoms with Crippen LogP contribution in [0.25, 0.3) is 11.3 Å². The van der Waals surface area contributed by atoms with Crippen LogP contribution in [0.15, 0.2) is 75.7 Å². The van der Waals surface area contributed by atoms with Gasteiger partial charge in [-0.25, -0.2) is 0 Å². The molecule has 0 unspecified atom stereocenters. The number of nitrogens with zero attached hydrogens (tertiary/aromatic N) is 2. The highest BCUT2D eigenvalue weighted by Crippen LogP contribution is 2.37. The Bertz CT molecular complexity index is 1160. The maximum Gasteiger partial charge on any atom is 0.266 e. The number of hydrogen-bond acceptors (Lipinski definition) is 5. The first-order valence-electron chi connectivity index (χ1n) is 8.84. The lowest BCUT2D eigenvalue weighted by molar-refractivity contribution is -0.118. The lowest BCUT2D eigenvalue weighted by Crippen LogP contribution is -2.45. The zero-order valence-corrected chi connectivity index (χ0v) is 17.0. The molecule has 1 aromatic heterocycles. The number of anilines is 1. The fraction of sp³-hybridized carbons (Fsp3) is 0.0909. The minimum absolute atomic E-state index is 0.0504. The highest BCUT2D eigenvalue weighted by molar-refractivity contribution is 7.84. The fourth-order valence-corrected chi connectivity index (χ4v) is 3.73. The number of nitriles is 1. The van der Waals surface area contributed by atoms with Gasteiger partial charge in [0.25, 0.3) is 5.91 Å². The van der Waals surface area contributed by atoms with E-state index in [0.717, 1.165) is 16.8 Å². The molecule has 1 amide bonds. The minimum atomic E-state index is -0.649. The first-order chi connectivity index (χ1) is 14.0. The van der Waals surface area contributed by atoms with Gasteiger partial charge in [0, 0.05) is 16.3 Å². The highest BCUT2D eigenvalue weighted by atomic mass is 35.5. The smallest absolute Gasteiger partial charge is 0.266 e. The van der Waals surface area contributed by atoms with Crippen molar-refractivity contribution in [3.8, 4) is 17.4 Å². The summed E-state index contributed by atoms with van der Waals surface area (Å²) in [5.74, 6) is 0.642. The standard InChI is InChI=1S/C22H16ClN3O2S/c1-13-7-8-14(11-17(13)23)18-9-10-19(28-18)20-25-21(27)16(12-24)22(29)26(20)15-5-3-2-4-6-15/h2-11,20,29H,1H3,(H,25,27)/t20-/m1/s1. The van der Waals surface area contributed by atoms with E-state index in [9.17, 15) is 10.1 Å². The number of rotatable bonds is 3. The van der Waals surface area contributed by atoms with Gasteiger partial charge in [0.1, 0.15) is 23.2 Å². The van der Waals surface area contributed by atoms with Gasteiger partial charge in [-0.15, -0.1) is 12.6 Å². The van der Waals surface area contributed by atoms with Crippen molar-refractivity contribution >= 4 is 35.8 Å². The topological polar surface area (TPSA) is 69.3 Å². The van der Waals surface area contributed by atoms with Gasteiger partial charge in [0.05, 0.1) is 5.03 Å². The van der Waals surface area contributed by atoms with Crippen LogP contribution >= 0.6 is 24.2 Å². The molecule has 0 saturated carbocycles. The second-order valence-electron chi connectivity index (χ2n) is 6.56. The van der Waals surface area contributed by atoms with Crippen LogP contribution in [0.3, 0.4) is 0 Å². The van der Waals surface area contributed by atoms with E-state index in [1.807, 2.05) is 67.6 Å². The summed E-state index contributed by atoms with van der Waals surface area (Å²) in [7, 11) is 0. The number of halogens is 1. The number of amides is 1. The van der Waals surface area contributed by atoms with Crippen molar-refractivity contribution in [1.29, 1.82) is 5.26 Å². The summed E-state index contributed by atoms with van der Waals surface area (Å²) in [5, 5.41) is 13.1. The molecule has 4 rings (SSSR count). The van der Waals surface area contributed by atoms with Crippen LogP contribution in [0.2, 0.25) is 5.02 Å². The van der Waals surface area contributed by atoms with E-state index in [2.05, 4.69) is 17.9 Å². The Morgan fingerprint density at radius 1 is 1.17 bits per heavy atom. The monoisotopic (exact) mass is 421 g/mol. The number of nitrogens with one attached hydrogen (secondary N) is 1. The number of furan rings is 1. The molecular weight excluding hydrogens is 406 g/mol. The van der Waals surface area contributed by atoms with E-state index in [0.29, 0.717) is 16.5 Å². The molecule has 1 atom stereocenters. The molecule has 0 spiro atoms. The summed E-state index contributed by atoms with van der Waals surface area (Å²) in [5.41, 5.74) is 2.53. The average Bonchev–Trinajstić information content (AvgIpc) is 3.21. The van der Waals surface area contributed by atoms with Gasteiger partial charge in [-0.2, -0.15) is 5.26 Å². The molecular formula is C22H16ClN3O2S. The average molecular weight is 422 g/mol. The number of thiol groups is 1. The van der Waals surface area contributed by atoms with Crippen molar-refractivity contribution in [1.82, 2.24) is 5.32 Å². The second kappa shape index (κ2) is 7.70. The van der Waals surface area contributed by atoms with Crippen LogP contribution in [-0.2, 0) is 4.79 Å². The molecule has 0 saturated heterocycles. The minimum Gasteiger partial charge on any atom is -0.457 e. The van der Waals surface area contributed by atoms with Crippen LogP contribution in [0, 0.1) is 18.3 Å². The molecule has 0 aliphatic carbocycles. The number of para-hydroxylation sites is 1. The third-order valence-electron chi connectivity index (χ3n) is 4.70. The van der Waals surface area contributed by atoms with Crippen molar-refractivity contribution in [3.05, 3.63) is 87.6 Å². The van der Waals surface area contributed by atoms with Gasteiger partial charge in [-0.05, 0) is 42.8 Å². The van der Waals surface area contributed by atoms with Crippen LogP contribution in [0.5, 0.6) is 0 Å². The predicted octanol–water partition coefficient (Wildman–Crippen LogP) is 5.21. The molecule has 29 heavy (non-hydrogen) atoms. The van der Waals surface area contributed by atoms with E-state index in [4.69, 9.17) is 16.0 Å². The van der Waals surface area contributed by atoms with Crippen LogP contribution in [0.4, 0.5) is 5.69 Å². The lowest BCUT2D eigenvalue weighted by atomic mass is 10.1. The Kier molecular flexibility index (Phi) is 5.10. The number of hydrogen-bond donors (Lipinski definition) is 2. The Balaban J connectivity index is 1.78. The third kappa shape index (κ3) is 3.51. The van der Waals surface area contributed by atoms with E-state index < -0.39 is 12.1 Å². The van der Waals surface area contributed by atoms with Gasteiger partial charge >= 0.3 is 0 Å². The summed E-state index contributed by atoms with van der Waals surface area (Å²) in [6.07, 6.45) is -0.649. The number of aryl methyl sites for hydroxylation is 1. The summed E-state index contributed by atoms with van der Waals surface area (Å²) >= 11 is 10.7. The highest BCUT2D eigenvalue weighted by Gasteiger charge is 2.35. The molecule has 0 bridgehead atoms. The number of carbonyl (C=O) groups is 1. The summed E-state index contributed by atoms with van der Waals surface area (Å²) < 4.78 is 6.07. The Morgan fingerprint density at radius 3 is 2.62 bits per heavy atom. The third-order valence-corrected chi connectivity index (χ3v) is 5.55. The maximum atomic E-state index is 12.4. The van der Waals surface area contributed by atoms with Crippen molar-refractivity contribution < 1.29 is 9.21 Å². The van der Waals surface area contributed by atoms with Gasteiger partial charge in [-0.1, -0.05) is 41.9 Å². The summed E-state index contributed by atoms with van der Waals surface area (Å²) in [6.45, 7) is 1.93. The van der Waals surface area contributed by atoms with E-state index in [1.165, 1.54) is 0 Å². The fourth-order valence-electron chi connectivity index (χ4n) is 3.17. The predicted molar refractivity (Wildman–Crippen MR) is 115 cm³/mol. The molecule has 3 aromatic rings. The number of benzene rings is 2. The van der Waals surface area contributed by atoms with Crippen LogP contribution in [0.1, 0.15) is 17.5 Å². The van der Waals surface area contributed by atoms with Crippen molar-refractivity contribution in [2.45, 2.75) is 13.1 Å². The summed E-state index contributed by atoms with van der Waals surface area (Å²) in [4.78, 5) is 14.2. The van der Waals surface area contributed by atoms with E-state index in [1.54, 1.807) is 11.0 Å². The van der Waals surface area contributed by atoms with E-state index >= 15 is 0 Å². The van der Waals surface area contributed by atoms with Crippen LogP contribution < -0.4 is 10.2 Å². The van der Waals surface area contributed by atoms with Crippen molar-refractivity contribution in [3.63, 3.8) is 0 Å². The number of carbonyl (C=O) groups excluding carboxylic acids is 1. The molecule has 2 aromatic carbocycles. The SMILES string of the molecule is Cc1ccc(-c2ccc([C@@H]3NC(=O)C(C#N)=C(S)N3c3ccccc3)o2)cc1Cl. The second-order valence-corrected chi connectivity index (χ2v) is 7.39. The molecule has 1 aliphatic rings. The normalized spacial score (nSPS) is 16.6. The Hall–Kier alpha value is -3.14. The molecule has 0 fully saturated rings. The van der Waals surface area contributed by atoms with Gasteiger partial charge in [0.15, 0.2) is 6.17 Å². The largest absolute Gasteiger partial charge is 0.457 e. The summed E-state index contributed by atoms with van der Waals surface area (Å²) in [6, 6.07) is 20.6. The molecule has 2 heterocycles. The molecule has 7 heteroatoms. The van der Waals surface area contributed by atoms with Crippen molar-refractivity contribution in [2.75, 3.05) is 4.90 Å². The van der Waals surface area contributed by atoms with Gasteiger partial charge in [0.2, 0.25) is 0 Å². The molecule has 0 radical (unpaired) electrons. The quantitative estimate of drug-likeness (QED) is 0.569. The van der Waals surface area contributed by atoms with Gasteiger partial charge in [-0.3, -0.25) is 4.79 Å².